The van der Waals surface area contributed by atoms with Gasteiger partial charge in [-0.2, -0.15) is 0 Å². The SMILES string of the molecule is COc1ccc(Oc2cc(C)c(C(C)=O)c(Cl)c2)cc1. The number of hydrogen-bond donors (Lipinski definition) is 0. The molecule has 0 spiro atoms. The van der Waals surface area contributed by atoms with Crippen molar-refractivity contribution in [2.75, 3.05) is 7.11 Å². The second-order valence-corrected chi connectivity index (χ2v) is 4.84. The number of benzene rings is 2. The maximum Gasteiger partial charge on any atom is 0.161 e. The molecule has 2 aromatic rings. The molecule has 4 heteroatoms. The highest BCUT2D eigenvalue weighted by Gasteiger charge is 2.11. The summed E-state index contributed by atoms with van der Waals surface area (Å²) in [5, 5.41) is 0.404. The predicted octanol–water partition coefficient (Wildman–Crippen LogP) is 4.65. The van der Waals surface area contributed by atoms with Crippen molar-refractivity contribution in [3.8, 4) is 17.2 Å². The van der Waals surface area contributed by atoms with Gasteiger partial charge in [-0.3, -0.25) is 4.79 Å². The highest BCUT2D eigenvalue weighted by atomic mass is 35.5. The van der Waals surface area contributed by atoms with Gasteiger partial charge in [-0.25, -0.2) is 0 Å². The highest BCUT2D eigenvalue weighted by Crippen LogP contribution is 2.30. The van der Waals surface area contributed by atoms with Crippen LogP contribution < -0.4 is 9.47 Å². The molecule has 0 saturated carbocycles. The van der Waals surface area contributed by atoms with Crippen LogP contribution >= 0.6 is 11.6 Å². The molecule has 0 saturated heterocycles. The van der Waals surface area contributed by atoms with Gasteiger partial charge in [-0.1, -0.05) is 11.6 Å². The van der Waals surface area contributed by atoms with E-state index in [0.717, 1.165) is 11.3 Å². The lowest BCUT2D eigenvalue weighted by atomic mass is 10.1. The number of Topliss-reactive ketones (excluding diaryl/α,β-unsaturated/α-hetero) is 1. The fraction of sp³-hybridized carbons (Fsp3) is 0.188. The molecule has 0 aliphatic rings. The second kappa shape index (κ2) is 5.97. The summed E-state index contributed by atoms with van der Waals surface area (Å²) in [6.07, 6.45) is 0. The van der Waals surface area contributed by atoms with E-state index in [2.05, 4.69) is 0 Å². The Hall–Kier alpha value is -2.00. The lowest BCUT2D eigenvalue weighted by Crippen LogP contribution is -1.98. The van der Waals surface area contributed by atoms with Crippen LogP contribution in [0.4, 0.5) is 0 Å². The lowest BCUT2D eigenvalue weighted by Gasteiger charge is -2.10. The summed E-state index contributed by atoms with van der Waals surface area (Å²) in [4.78, 5) is 11.5. The molecular formula is C16H15ClO3. The molecule has 2 aromatic carbocycles. The first-order valence-electron chi connectivity index (χ1n) is 6.14. The normalized spacial score (nSPS) is 10.2. The number of ether oxygens (including phenoxy) is 2. The summed E-state index contributed by atoms with van der Waals surface area (Å²) in [6, 6.07) is 10.7. The van der Waals surface area contributed by atoms with Crippen molar-refractivity contribution in [2.45, 2.75) is 13.8 Å². The van der Waals surface area contributed by atoms with E-state index in [1.165, 1.54) is 6.92 Å². The number of aryl methyl sites for hydroxylation is 1. The molecule has 2 rings (SSSR count). The summed E-state index contributed by atoms with van der Waals surface area (Å²) >= 11 is 6.12. The van der Waals surface area contributed by atoms with E-state index >= 15 is 0 Å². The molecule has 0 heterocycles. The molecule has 0 fully saturated rings. The molecule has 104 valence electrons. The van der Waals surface area contributed by atoms with E-state index in [1.807, 2.05) is 19.1 Å². The van der Waals surface area contributed by atoms with Gasteiger partial charge in [0.05, 0.1) is 12.1 Å². The van der Waals surface area contributed by atoms with Crippen LogP contribution in [-0.4, -0.2) is 12.9 Å². The maximum absolute atomic E-state index is 11.5. The largest absolute Gasteiger partial charge is 0.497 e. The Balaban J connectivity index is 2.27. The number of hydrogen-bond acceptors (Lipinski definition) is 3. The first-order chi connectivity index (χ1) is 9.51. The summed E-state index contributed by atoms with van der Waals surface area (Å²) in [6.45, 7) is 3.34. The number of halogens is 1. The topological polar surface area (TPSA) is 35.5 Å². The van der Waals surface area contributed by atoms with Gasteiger partial charge in [0.1, 0.15) is 17.2 Å². The van der Waals surface area contributed by atoms with Crippen LogP contribution in [0, 0.1) is 6.92 Å². The Morgan fingerprint density at radius 3 is 2.15 bits per heavy atom. The van der Waals surface area contributed by atoms with Crippen molar-refractivity contribution >= 4 is 17.4 Å². The van der Waals surface area contributed by atoms with Crippen LogP contribution in [0.5, 0.6) is 17.2 Å². The molecule has 20 heavy (non-hydrogen) atoms. The Kier molecular flexibility index (Phi) is 4.30. The third kappa shape index (κ3) is 3.11. The van der Waals surface area contributed by atoms with Crippen molar-refractivity contribution in [2.24, 2.45) is 0 Å². The Morgan fingerprint density at radius 2 is 1.65 bits per heavy atom. The van der Waals surface area contributed by atoms with Gasteiger partial charge in [-0.05, 0) is 49.7 Å². The standard InChI is InChI=1S/C16H15ClO3/c1-10-8-14(9-15(17)16(10)11(2)18)20-13-6-4-12(19-3)5-7-13/h4-9H,1-3H3. The zero-order valence-corrected chi connectivity index (χ0v) is 12.3. The average molecular weight is 291 g/mol. The summed E-state index contributed by atoms with van der Waals surface area (Å²) in [5.74, 6) is 1.99. The van der Waals surface area contributed by atoms with E-state index in [-0.39, 0.29) is 5.78 Å². The Labute approximate surface area is 123 Å². The molecule has 0 aliphatic heterocycles. The van der Waals surface area contributed by atoms with Gasteiger partial charge in [0.2, 0.25) is 0 Å². The second-order valence-electron chi connectivity index (χ2n) is 4.43. The van der Waals surface area contributed by atoms with Crippen LogP contribution in [0.3, 0.4) is 0 Å². The molecule has 0 unspecified atom stereocenters. The van der Waals surface area contributed by atoms with Crippen LogP contribution in [0.15, 0.2) is 36.4 Å². The molecule has 0 aromatic heterocycles. The fourth-order valence-electron chi connectivity index (χ4n) is 2.00. The van der Waals surface area contributed by atoms with E-state index < -0.39 is 0 Å². The van der Waals surface area contributed by atoms with Crippen LogP contribution in [0.1, 0.15) is 22.8 Å². The average Bonchev–Trinajstić information content (AvgIpc) is 2.38. The minimum atomic E-state index is -0.0523. The first-order valence-corrected chi connectivity index (χ1v) is 6.52. The van der Waals surface area contributed by atoms with Crippen molar-refractivity contribution in [1.82, 2.24) is 0 Å². The Bertz CT molecular complexity index is 610. The van der Waals surface area contributed by atoms with Crippen molar-refractivity contribution in [1.29, 1.82) is 0 Å². The molecule has 0 aliphatic carbocycles. The van der Waals surface area contributed by atoms with Crippen molar-refractivity contribution < 1.29 is 14.3 Å². The number of ketones is 1. The summed E-state index contributed by atoms with van der Waals surface area (Å²) in [7, 11) is 1.61. The monoisotopic (exact) mass is 290 g/mol. The number of methoxy groups -OCH3 is 1. The number of carbonyl (C=O) groups is 1. The molecular weight excluding hydrogens is 276 g/mol. The van der Waals surface area contributed by atoms with Gasteiger partial charge in [0, 0.05) is 11.6 Å². The third-order valence-electron chi connectivity index (χ3n) is 2.91. The summed E-state index contributed by atoms with van der Waals surface area (Å²) < 4.78 is 10.8. The van der Waals surface area contributed by atoms with E-state index in [9.17, 15) is 4.79 Å². The van der Waals surface area contributed by atoms with Gasteiger partial charge >= 0.3 is 0 Å². The fourth-order valence-corrected chi connectivity index (χ4v) is 2.39. The van der Waals surface area contributed by atoms with Crippen LogP contribution in [0.2, 0.25) is 5.02 Å². The van der Waals surface area contributed by atoms with E-state index in [0.29, 0.717) is 22.1 Å². The minimum Gasteiger partial charge on any atom is -0.497 e. The lowest BCUT2D eigenvalue weighted by molar-refractivity contribution is 0.101. The number of carbonyl (C=O) groups excluding carboxylic acids is 1. The quantitative estimate of drug-likeness (QED) is 0.769. The smallest absolute Gasteiger partial charge is 0.161 e. The molecule has 3 nitrogen and oxygen atoms in total. The highest BCUT2D eigenvalue weighted by molar-refractivity contribution is 6.34. The van der Waals surface area contributed by atoms with Gasteiger partial charge in [0.15, 0.2) is 5.78 Å². The predicted molar refractivity (Wildman–Crippen MR) is 79.3 cm³/mol. The van der Waals surface area contributed by atoms with E-state index in [4.69, 9.17) is 21.1 Å². The van der Waals surface area contributed by atoms with Gasteiger partial charge in [0.25, 0.3) is 0 Å². The zero-order chi connectivity index (χ0) is 14.7. The van der Waals surface area contributed by atoms with Gasteiger partial charge in [-0.15, -0.1) is 0 Å². The van der Waals surface area contributed by atoms with Gasteiger partial charge < -0.3 is 9.47 Å². The summed E-state index contributed by atoms with van der Waals surface area (Å²) in [5.41, 5.74) is 1.34. The molecule has 0 bridgehead atoms. The zero-order valence-electron chi connectivity index (χ0n) is 11.6. The Morgan fingerprint density at radius 1 is 1.05 bits per heavy atom. The minimum absolute atomic E-state index is 0.0523. The maximum atomic E-state index is 11.5. The van der Waals surface area contributed by atoms with Crippen molar-refractivity contribution in [3.63, 3.8) is 0 Å². The third-order valence-corrected chi connectivity index (χ3v) is 3.21. The van der Waals surface area contributed by atoms with Crippen molar-refractivity contribution in [3.05, 3.63) is 52.5 Å². The first kappa shape index (κ1) is 14.4. The molecule has 0 N–H and O–H groups in total. The molecule has 0 amide bonds. The number of rotatable bonds is 4. The molecule has 0 radical (unpaired) electrons. The van der Waals surface area contributed by atoms with E-state index in [1.54, 1.807) is 31.4 Å². The molecule has 0 atom stereocenters. The van der Waals surface area contributed by atoms with Crippen LogP contribution in [0.25, 0.3) is 0 Å². The van der Waals surface area contributed by atoms with Crippen LogP contribution in [-0.2, 0) is 0 Å².